The van der Waals surface area contributed by atoms with E-state index in [9.17, 15) is 0 Å². The smallest absolute Gasteiger partial charge is 0.136 e. The van der Waals surface area contributed by atoms with Gasteiger partial charge in [-0.1, -0.05) is 6.92 Å². The minimum atomic E-state index is -0.0278. The van der Waals surface area contributed by atoms with Gasteiger partial charge in [0.1, 0.15) is 15.4 Å². The maximum Gasteiger partial charge on any atom is 0.136 e. The molecule has 0 saturated carbocycles. The molecular formula is C8H19NO2Si. The highest BCUT2D eigenvalue weighted by Crippen LogP contribution is 2.05. The minimum Gasteiger partial charge on any atom is -0.360 e. The maximum absolute atomic E-state index is 5.12. The third-order valence-electron chi connectivity index (χ3n) is 1.49. The predicted molar refractivity (Wildman–Crippen MR) is 51.5 cm³/mol. The summed E-state index contributed by atoms with van der Waals surface area (Å²) in [7, 11) is 8.23. The summed E-state index contributed by atoms with van der Waals surface area (Å²) in [6.45, 7) is 3.30. The summed E-state index contributed by atoms with van der Waals surface area (Å²) in [5.74, 6) is -0.0278. The monoisotopic (exact) mass is 189 g/mol. The van der Waals surface area contributed by atoms with E-state index in [1.165, 1.54) is 0 Å². The number of ether oxygens (including phenoxy) is 2. The molecule has 0 heterocycles. The molecule has 1 atom stereocenters. The van der Waals surface area contributed by atoms with Crippen molar-refractivity contribution in [1.82, 2.24) is 4.90 Å². The summed E-state index contributed by atoms with van der Waals surface area (Å²) in [6.07, 6.45) is 0. The lowest BCUT2D eigenvalue weighted by atomic mass is 10.4. The van der Waals surface area contributed by atoms with E-state index in [4.69, 9.17) is 9.47 Å². The minimum absolute atomic E-state index is 0.0278. The second kappa shape index (κ2) is 6.60. The SMILES string of the molecule is COC(OC)[Si]C(C)CN(C)C. The molecule has 0 aromatic carbocycles. The predicted octanol–water partition coefficient (Wildman–Crippen LogP) is 0.637. The first kappa shape index (κ1) is 12.1. The van der Waals surface area contributed by atoms with E-state index in [-0.39, 0.29) is 5.91 Å². The van der Waals surface area contributed by atoms with Crippen molar-refractivity contribution in [3.8, 4) is 0 Å². The van der Waals surface area contributed by atoms with Gasteiger partial charge in [-0.3, -0.25) is 0 Å². The van der Waals surface area contributed by atoms with Gasteiger partial charge in [-0.15, -0.1) is 0 Å². The van der Waals surface area contributed by atoms with Crippen LogP contribution in [0.15, 0.2) is 0 Å². The molecule has 0 aliphatic rings. The summed E-state index contributed by atoms with van der Waals surface area (Å²) in [5, 5.41) is 0. The van der Waals surface area contributed by atoms with Crippen LogP contribution in [0.3, 0.4) is 0 Å². The average molecular weight is 189 g/mol. The van der Waals surface area contributed by atoms with E-state index < -0.39 is 0 Å². The van der Waals surface area contributed by atoms with Gasteiger partial charge < -0.3 is 14.4 Å². The van der Waals surface area contributed by atoms with Crippen LogP contribution in [0, 0.1) is 0 Å². The molecule has 0 spiro atoms. The Kier molecular flexibility index (Phi) is 6.65. The van der Waals surface area contributed by atoms with Crippen LogP contribution in [-0.2, 0) is 9.47 Å². The zero-order valence-electron chi connectivity index (χ0n) is 8.63. The Morgan fingerprint density at radius 2 is 1.75 bits per heavy atom. The second-order valence-electron chi connectivity index (χ2n) is 3.13. The van der Waals surface area contributed by atoms with Crippen LogP contribution in [0.4, 0.5) is 0 Å². The Morgan fingerprint density at radius 3 is 2.08 bits per heavy atom. The Balaban J connectivity index is 3.58. The Bertz CT molecular complexity index is 107. The topological polar surface area (TPSA) is 21.7 Å². The van der Waals surface area contributed by atoms with Crippen LogP contribution < -0.4 is 0 Å². The fraction of sp³-hybridized carbons (Fsp3) is 1.00. The van der Waals surface area contributed by atoms with Gasteiger partial charge in [0.15, 0.2) is 0 Å². The third-order valence-corrected chi connectivity index (χ3v) is 2.98. The van der Waals surface area contributed by atoms with Gasteiger partial charge in [-0.2, -0.15) is 0 Å². The van der Waals surface area contributed by atoms with Gasteiger partial charge in [0.05, 0.1) is 0 Å². The standard InChI is InChI=1S/C8H19NO2Si/c1-7(6-9(2)3)12-8(10-4)11-5/h7-8H,6H2,1-5H3. The fourth-order valence-electron chi connectivity index (χ4n) is 1.07. The van der Waals surface area contributed by atoms with Gasteiger partial charge >= 0.3 is 0 Å². The molecule has 12 heavy (non-hydrogen) atoms. The normalized spacial score (nSPS) is 14.2. The number of hydrogen-bond acceptors (Lipinski definition) is 3. The number of methoxy groups -OCH3 is 2. The molecule has 0 amide bonds. The third kappa shape index (κ3) is 5.71. The molecule has 4 heteroatoms. The van der Waals surface area contributed by atoms with Crippen molar-refractivity contribution in [2.24, 2.45) is 0 Å². The number of nitrogens with zero attached hydrogens (tertiary/aromatic N) is 1. The van der Waals surface area contributed by atoms with E-state index in [0.29, 0.717) is 15.1 Å². The molecule has 72 valence electrons. The summed E-state index contributed by atoms with van der Waals surface area (Å²) in [4.78, 5) is 2.18. The molecule has 0 saturated heterocycles. The van der Waals surface area contributed by atoms with Crippen molar-refractivity contribution < 1.29 is 9.47 Å². The fourth-order valence-corrected chi connectivity index (χ4v) is 2.27. The molecule has 0 aromatic rings. The Labute approximate surface area is 77.9 Å². The van der Waals surface area contributed by atoms with Crippen LogP contribution >= 0.6 is 0 Å². The lowest BCUT2D eigenvalue weighted by molar-refractivity contribution is -0.0448. The average Bonchev–Trinajstić information content (AvgIpc) is 1.98. The lowest BCUT2D eigenvalue weighted by Gasteiger charge is -2.20. The molecule has 0 aliphatic carbocycles. The molecule has 0 bridgehead atoms. The van der Waals surface area contributed by atoms with Crippen LogP contribution in [0.25, 0.3) is 0 Å². The summed E-state index contributed by atoms with van der Waals surface area (Å²) in [5.41, 5.74) is 0.630. The Hall–Kier alpha value is 0.0969. The number of rotatable bonds is 6. The van der Waals surface area contributed by atoms with Crippen LogP contribution in [0.1, 0.15) is 6.92 Å². The van der Waals surface area contributed by atoms with Crippen molar-refractivity contribution in [1.29, 1.82) is 0 Å². The highest BCUT2D eigenvalue weighted by Gasteiger charge is 2.13. The summed E-state index contributed by atoms with van der Waals surface area (Å²) >= 11 is 0. The van der Waals surface area contributed by atoms with Gasteiger partial charge in [0.2, 0.25) is 0 Å². The molecule has 2 radical (unpaired) electrons. The summed E-state index contributed by atoms with van der Waals surface area (Å²) < 4.78 is 10.2. The number of hydrogen-bond donors (Lipinski definition) is 0. The van der Waals surface area contributed by atoms with Crippen molar-refractivity contribution >= 4 is 9.52 Å². The van der Waals surface area contributed by atoms with E-state index in [0.717, 1.165) is 6.54 Å². The zero-order valence-corrected chi connectivity index (χ0v) is 9.63. The van der Waals surface area contributed by atoms with Crippen molar-refractivity contribution in [2.75, 3.05) is 34.9 Å². The first-order valence-corrected chi connectivity index (χ1v) is 5.22. The van der Waals surface area contributed by atoms with Gasteiger partial charge in [0.25, 0.3) is 0 Å². The molecular weight excluding hydrogens is 170 g/mol. The molecule has 0 aliphatic heterocycles. The van der Waals surface area contributed by atoms with Gasteiger partial charge in [0, 0.05) is 14.2 Å². The zero-order chi connectivity index (χ0) is 9.56. The Morgan fingerprint density at radius 1 is 1.25 bits per heavy atom. The largest absolute Gasteiger partial charge is 0.360 e. The van der Waals surface area contributed by atoms with E-state index in [2.05, 4.69) is 25.9 Å². The van der Waals surface area contributed by atoms with E-state index in [1.807, 2.05) is 0 Å². The molecule has 0 fully saturated rings. The summed E-state index contributed by atoms with van der Waals surface area (Å²) in [6, 6.07) is 0. The van der Waals surface area contributed by atoms with Crippen LogP contribution in [-0.4, -0.2) is 55.2 Å². The molecule has 1 unspecified atom stereocenters. The van der Waals surface area contributed by atoms with E-state index >= 15 is 0 Å². The highest BCUT2D eigenvalue weighted by atomic mass is 28.2. The van der Waals surface area contributed by atoms with Crippen molar-refractivity contribution in [3.63, 3.8) is 0 Å². The van der Waals surface area contributed by atoms with Crippen LogP contribution in [0.2, 0.25) is 5.54 Å². The van der Waals surface area contributed by atoms with Crippen molar-refractivity contribution in [2.45, 2.75) is 18.4 Å². The van der Waals surface area contributed by atoms with Gasteiger partial charge in [-0.05, 0) is 26.2 Å². The first-order valence-electron chi connectivity index (χ1n) is 4.06. The van der Waals surface area contributed by atoms with Crippen molar-refractivity contribution in [3.05, 3.63) is 0 Å². The van der Waals surface area contributed by atoms with Gasteiger partial charge in [-0.25, -0.2) is 0 Å². The maximum atomic E-state index is 5.12. The molecule has 3 nitrogen and oxygen atoms in total. The van der Waals surface area contributed by atoms with Crippen LogP contribution in [0.5, 0.6) is 0 Å². The molecule has 0 N–H and O–H groups in total. The van der Waals surface area contributed by atoms with E-state index in [1.54, 1.807) is 14.2 Å². The quantitative estimate of drug-likeness (QED) is 0.452. The second-order valence-corrected chi connectivity index (χ2v) is 4.92. The molecule has 0 rings (SSSR count). The lowest BCUT2D eigenvalue weighted by Crippen LogP contribution is -2.29. The highest BCUT2D eigenvalue weighted by molar-refractivity contribution is 6.38. The first-order chi connectivity index (χ1) is 5.60. The molecule has 0 aromatic heterocycles.